The van der Waals surface area contributed by atoms with Crippen LogP contribution in [0.1, 0.15) is 36.7 Å². The van der Waals surface area contributed by atoms with E-state index < -0.39 is 0 Å². The van der Waals surface area contributed by atoms with E-state index in [0.29, 0.717) is 23.8 Å². The second-order valence-electron chi connectivity index (χ2n) is 5.44. The minimum Gasteiger partial charge on any atom is -0.454 e. The Labute approximate surface area is 140 Å². The van der Waals surface area contributed by atoms with Gasteiger partial charge in [-0.3, -0.25) is 4.79 Å². The number of nitrogens with one attached hydrogen (secondary N) is 2. The third-order valence-electron chi connectivity index (χ3n) is 3.61. The Morgan fingerprint density at radius 3 is 2.92 bits per heavy atom. The summed E-state index contributed by atoms with van der Waals surface area (Å²) >= 11 is 0. The predicted octanol–water partition coefficient (Wildman–Crippen LogP) is 2.87. The molecule has 0 saturated heterocycles. The maximum absolute atomic E-state index is 12.1. The van der Waals surface area contributed by atoms with Crippen LogP contribution >= 0.6 is 0 Å². The summed E-state index contributed by atoms with van der Waals surface area (Å²) in [5, 5.41) is 6.00. The Bertz CT molecular complexity index is 721. The molecule has 0 radical (unpaired) electrons. The molecule has 126 valence electrons. The number of anilines is 2. The van der Waals surface area contributed by atoms with E-state index in [-0.39, 0.29) is 12.7 Å². The molecule has 0 atom stereocenters. The molecule has 2 aromatic rings. The molecule has 7 heteroatoms. The van der Waals surface area contributed by atoms with Gasteiger partial charge in [0, 0.05) is 24.4 Å². The van der Waals surface area contributed by atoms with Crippen LogP contribution in [0.15, 0.2) is 30.6 Å². The summed E-state index contributed by atoms with van der Waals surface area (Å²) in [5.74, 6) is 1.75. The molecule has 0 spiro atoms. The number of rotatable bonds is 7. The van der Waals surface area contributed by atoms with Crippen molar-refractivity contribution in [1.29, 1.82) is 0 Å². The minimum atomic E-state index is -0.192. The summed E-state index contributed by atoms with van der Waals surface area (Å²) in [7, 11) is 0. The van der Waals surface area contributed by atoms with Crippen molar-refractivity contribution in [2.75, 3.05) is 18.7 Å². The Morgan fingerprint density at radius 1 is 1.17 bits per heavy atom. The fraction of sp³-hybridized carbons (Fsp3) is 0.353. The molecule has 1 aromatic heterocycles. The molecule has 3 rings (SSSR count). The number of hydrogen-bond donors (Lipinski definition) is 2. The van der Waals surface area contributed by atoms with Crippen molar-refractivity contribution >= 4 is 17.4 Å². The quantitative estimate of drug-likeness (QED) is 0.760. The van der Waals surface area contributed by atoms with Gasteiger partial charge in [-0.15, -0.1) is 0 Å². The number of amides is 1. The highest BCUT2D eigenvalue weighted by Gasteiger charge is 2.14. The van der Waals surface area contributed by atoms with E-state index in [1.165, 1.54) is 6.33 Å². The Balaban J connectivity index is 1.63. The average Bonchev–Trinajstić information content (AvgIpc) is 3.06. The van der Waals surface area contributed by atoms with Crippen LogP contribution in [0, 0.1) is 0 Å². The summed E-state index contributed by atoms with van der Waals surface area (Å²) in [6.07, 6.45) is 4.56. The lowest BCUT2D eigenvalue weighted by molar-refractivity contribution is 0.0948. The first-order valence-electron chi connectivity index (χ1n) is 8.03. The number of fused-ring (bicyclic) bond motifs is 1. The van der Waals surface area contributed by atoms with Gasteiger partial charge in [-0.25, -0.2) is 9.97 Å². The molecule has 7 nitrogen and oxygen atoms in total. The van der Waals surface area contributed by atoms with E-state index in [1.54, 1.807) is 6.07 Å². The summed E-state index contributed by atoms with van der Waals surface area (Å²) < 4.78 is 10.6. The van der Waals surface area contributed by atoms with Gasteiger partial charge in [0.05, 0.1) is 0 Å². The molecule has 1 aliphatic heterocycles. The highest BCUT2D eigenvalue weighted by atomic mass is 16.7. The molecule has 2 N–H and O–H groups in total. The molecule has 1 aliphatic rings. The largest absolute Gasteiger partial charge is 0.454 e. The van der Waals surface area contributed by atoms with Gasteiger partial charge in [-0.05, 0) is 18.6 Å². The molecule has 0 fully saturated rings. The van der Waals surface area contributed by atoms with Crippen LogP contribution in [0.25, 0.3) is 0 Å². The van der Waals surface area contributed by atoms with Crippen LogP contribution in [0.2, 0.25) is 0 Å². The summed E-state index contributed by atoms with van der Waals surface area (Å²) in [4.78, 5) is 20.3. The number of carbonyl (C=O) groups excluding carboxylic acids is 1. The molecular weight excluding hydrogens is 308 g/mol. The van der Waals surface area contributed by atoms with E-state index in [2.05, 4.69) is 27.5 Å². The number of nitrogens with zero attached hydrogens (tertiary/aromatic N) is 2. The van der Waals surface area contributed by atoms with Gasteiger partial charge < -0.3 is 20.1 Å². The predicted molar refractivity (Wildman–Crippen MR) is 89.7 cm³/mol. The fourth-order valence-electron chi connectivity index (χ4n) is 2.34. The lowest BCUT2D eigenvalue weighted by Gasteiger charge is -2.08. The van der Waals surface area contributed by atoms with E-state index in [0.717, 1.165) is 30.7 Å². The zero-order chi connectivity index (χ0) is 16.8. The molecule has 24 heavy (non-hydrogen) atoms. The third kappa shape index (κ3) is 3.92. The molecule has 0 unspecified atom stereocenters. The van der Waals surface area contributed by atoms with Crippen LogP contribution in [0.4, 0.5) is 11.5 Å². The first-order valence-corrected chi connectivity index (χ1v) is 8.03. The van der Waals surface area contributed by atoms with Crippen molar-refractivity contribution in [3.05, 3.63) is 36.3 Å². The van der Waals surface area contributed by atoms with Crippen molar-refractivity contribution in [2.45, 2.75) is 26.2 Å². The number of hydrogen-bond acceptors (Lipinski definition) is 6. The number of benzene rings is 1. The van der Waals surface area contributed by atoms with E-state index in [9.17, 15) is 4.79 Å². The number of ether oxygens (including phenoxy) is 2. The summed E-state index contributed by atoms with van der Waals surface area (Å²) in [6, 6.07) is 7.14. The van der Waals surface area contributed by atoms with Gasteiger partial charge in [0.1, 0.15) is 17.8 Å². The van der Waals surface area contributed by atoms with Gasteiger partial charge in [0.25, 0.3) is 5.91 Å². The molecule has 0 saturated carbocycles. The zero-order valence-corrected chi connectivity index (χ0v) is 13.5. The minimum absolute atomic E-state index is 0.192. The second-order valence-corrected chi connectivity index (χ2v) is 5.44. The van der Waals surface area contributed by atoms with E-state index in [4.69, 9.17) is 9.47 Å². The summed E-state index contributed by atoms with van der Waals surface area (Å²) in [6.45, 7) is 3.01. The number of aromatic nitrogens is 2. The normalized spacial score (nSPS) is 12.0. The molecule has 0 bridgehead atoms. The Hall–Kier alpha value is -2.83. The lowest BCUT2D eigenvalue weighted by Crippen LogP contribution is -2.25. The third-order valence-corrected chi connectivity index (χ3v) is 3.61. The standard InChI is InChI=1S/C17H20N4O3/c1-2-3-4-7-18-17(22)13-9-16(20-10-19-13)21-12-5-6-14-15(8-12)24-11-23-14/h5-6,8-10H,2-4,7,11H2,1H3,(H,18,22)(H,19,20,21). The Kier molecular flexibility index (Phi) is 5.10. The highest BCUT2D eigenvalue weighted by molar-refractivity contribution is 5.92. The first kappa shape index (κ1) is 16.0. The van der Waals surface area contributed by atoms with Gasteiger partial charge in [-0.1, -0.05) is 19.8 Å². The lowest BCUT2D eigenvalue weighted by atomic mass is 10.2. The van der Waals surface area contributed by atoms with E-state index in [1.807, 2.05) is 18.2 Å². The number of carbonyl (C=O) groups is 1. The van der Waals surface area contributed by atoms with Crippen molar-refractivity contribution in [2.24, 2.45) is 0 Å². The molecule has 1 amide bonds. The smallest absolute Gasteiger partial charge is 0.270 e. The van der Waals surface area contributed by atoms with Crippen molar-refractivity contribution < 1.29 is 14.3 Å². The molecular formula is C17H20N4O3. The maximum atomic E-state index is 12.1. The van der Waals surface area contributed by atoms with Crippen molar-refractivity contribution in [3.8, 4) is 11.5 Å². The van der Waals surface area contributed by atoms with E-state index >= 15 is 0 Å². The van der Waals surface area contributed by atoms with Gasteiger partial charge in [0.2, 0.25) is 6.79 Å². The van der Waals surface area contributed by atoms with Gasteiger partial charge in [-0.2, -0.15) is 0 Å². The summed E-state index contributed by atoms with van der Waals surface area (Å²) in [5.41, 5.74) is 1.14. The van der Waals surface area contributed by atoms with Gasteiger partial charge in [0.15, 0.2) is 11.5 Å². The van der Waals surface area contributed by atoms with Crippen LogP contribution < -0.4 is 20.1 Å². The second kappa shape index (κ2) is 7.63. The van der Waals surface area contributed by atoms with Crippen LogP contribution in [0.5, 0.6) is 11.5 Å². The molecule has 0 aliphatic carbocycles. The first-order chi connectivity index (χ1) is 11.8. The topological polar surface area (TPSA) is 85.4 Å². The fourth-order valence-corrected chi connectivity index (χ4v) is 2.34. The molecule has 2 heterocycles. The zero-order valence-electron chi connectivity index (χ0n) is 13.5. The molecule has 1 aromatic carbocycles. The average molecular weight is 328 g/mol. The number of unbranched alkanes of at least 4 members (excludes halogenated alkanes) is 2. The van der Waals surface area contributed by atoms with Crippen LogP contribution in [-0.2, 0) is 0 Å². The van der Waals surface area contributed by atoms with Gasteiger partial charge >= 0.3 is 0 Å². The Morgan fingerprint density at radius 2 is 2.04 bits per heavy atom. The van der Waals surface area contributed by atoms with Crippen molar-refractivity contribution in [1.82, 2.24) is 15.3 Å². The highest BCUT2D eigenvalue weighted by Crippen LogP contribution is 2.34. The monoisotopic (exact) mass is 328 g/mol. The van der Waals surface area contributed by atoms with Crippen molar-refractivity contribution in [3.63, 3.8) is 0 Å². The SMILES string of the molecule is CCCCCNC(=O)c1cc(Nc2ccc3c(c2)OCO3)ncn1. The van der Waals surface area contributed by atoms with Crippen LogP contribution in [-0.4, -0.2) is 29.2 Å². The maximum Gasteiger partial charge on any atom is 0.270 e. The van der Waals surface area contributed by atoms with Crippen LogP contribution in [0.3, 0.4) is 0 Å².